The van der Waals surface area contributed by atoms with Crippen molar-refractivity contribution in [2.45, 2.75) is 64.5 Å². The van der Waals surface area contributed by atoms with Crippen LogP contribution in [-0.4, -0.2) is 16.3 Å². The molecule has 0 spiro atoms. The first-order chi connectivity index (χ1) is 8.27. The maximum absolute atomic E-state index is 4.91. The third kappa shape index (κ3) is 1.90. The summed E-state index contributed by atoms with van der Waals surface area (Å²) in [5.74, 6) is 0. The van der Waals surface area contributed by atoms with Crippen LogP contribution < -0.4 is 5.32 Å². The second kappa shape index (κ2) is 4.45. The first-order valence-corrected chi connectivity index (χ1v) is 7.11. The lowest BCUT2D eigenvalue weighted by Crippen LogP contribution is -2.28. The van der Waals surface area contributed by atoms with Crippen molar-refractivity contribution in [2.75, 3.05) is 6.54 Å². The molecule has 94 valence electrons. The molecule has 3 rings (SSSR count). The molecule has 1 aliphatic carbocycles. The van der Waals surface area contributed by atoms with Gasteiger partial charge >= 0.3 is 0 Å². The first-order valence-electron chi connectivity index (χ1n) is 7.11. The zero-order valence-electron chi connectivity index (χ0n) is 11.0. The molecule has 17 heavy (non-hydrogen) atoms. The Labute approximate surface area is 104 Å². The second-order valence-corrected chi connectivity index (χ2v) is 5.70. The molecule has 0 amide bonds. The normalized spacial score (nSPS) is 24.3. The Hall–Kier alpha value is -0.830. The molecule has 2 heterocycles. The molecule has 0 saturated carbocycles. The summed E-state index contributed by atoms with van der Waals surface area (Å²) in [6.07, 6.45) is 7.73. The average molecular weight is 233 g/mol. The van der Waals surface area contributed by atoms with E-state index in [-0.39, 0.29) is 0 Å². The standard InChI is InChI=1S/C14H23N3/c1-10(2)17-13-8-5-6-11(13)14(16-17)12-7-3-4-9-15-12/h10,12,15H,3-9H2,1-2H3/t12-/m1/s1. The molecule has 0 unspecified atom stereocenters. The second-order valence-electron chi connectivity index (χ2n) is 5.70. The highest BCUT2D eigenvalue weighted by Gasteiger charge is 2.28. The fourth-order valence-electron chi connectivity index (χ4n) is 3.29. The van der Waals surface area contributed by atoms with Crippen molar-refractivity contribution in [1.29, 1.82) is 0 Å². The molecule has 1 N–H and O–H groups in total. The lowest BCUT2D eigenvalue weighted by molar-refractivity contribution is 0.395. The number of hydrogen-bond acceptors (Lipinski definition) is 2. The highest BCUT2D eigenvalue weighted by Crippen LogP contribution is 2.33. The molecule has 0 aromatic carbocycles. The topological polar surface area (TPSA) is 29.9 Å². The van der Waals surface area contributed by atoms with Gasteiger partial charge in [-0.25, -0.2) is 0 Å². The van der Waals surface area contributed by atoms with Crippen LogP contribution in [0.25, 0.3) is 0 Å². The van der Waals surface area contributed by atoms with Crippen LogP contribution in [0.1, 0.15) is 68.6 Å². The summed E-state index contributed by atoms with van der Waals surface area (Å²) in [5, 5.41) is 8.55. The van der Waals surface area contributed by atoms with Crippen molar-refractivity contribution in [1.82, 2.24) is 15.1 Å². The Balaban J connectivity index is 1.96. The van der Waals surface area contributed by atoms with Crippen molar-refractivity contribution in [3.8, 4) is 0 Å². The predicted molar refractivity (Wildman–Crippen MR) is 69.2 cm³/mol. The van der Waals surface area contributed by atoms with Crippen molar-refractivity contribution >= 4 is 0 Å². The van der Waals surface area contributed by atoms with E-state index in [4.69, 9.17) is 5.10 Å². The Morgan fingerprint density at radius 3 is 2.82 bits per heavy atom. The van der Waals surface area contributed by atoms with E-state index in [1.165, 1.54) is 49.9 Å². The summed E-state index contributed by atoms with van der Waals surface area (Å²) in [5.41, 5.74) is 4.45. The largest absolute Gasteiger partial charge is 0.309 e. The number of piperidine rings is 1. The third-order valence-corrected chi connectivity index (χ3v) is 4.12. The highest BCUT2D eigenvalue weighted by molar-refractivity contribution is 5.33. The Morgan fingerprint density at radius 1 is 1.24 bits per heavy atom. The molecular formula is C14H23N3. The first kappa shape index (κ1) is 11.3. The SMILES string of the molecule is CC(C)n1nc([C@H]2CCCCN2)c2c1CCC2. The molecule has 1 fully saturated rings. The average Bonchev–Trinajstić information content (AvgIpc) is 2.90. The van der Waals surface area contributed by atoms with Crippen molar-refractivity contribution in [3.63, 3.8) is 0 Å². The van der Waals surface area contributed by atoms with E-state index in [1.54, 1.807) is 5.56 Å². The summed E-state index contributed by atoms with van der Waals surface area (Å²) < 4.78 is 2.27. The van der Waals surface area contributed by atoms with Crippen LogP contribution in [0.15, 0.2) is 0 Å². The van der Waals surface area contributed by atoms with Gasteiger partial charge in [-0.1, -0.05) is 6.42 Å². The van der Waals surface area contributed by atoms with Gasteiger partial charge in [-0.15, -0.1) is 0 Å². The fourth-order valence-corrected chi connectivity index (χ4v) is 3.29. The maximum Gasteiger partial charge on any atom is 0.0828 e. The lowest BCUT2D eigenvalue weighted by atomic mass is 9.99. The molecule has 3 heteroatoms. The molecule has 1 aromatic rings. The Morgan fingerprint density at radius 2 is 2.12 bits per heavy atom. The van der Waals surface area contributed by atoms with Crippen LogP contribution in [-0.2, 0) is 12.8 Å². The zero-order valence-corrected chi connectivity index (χ0v) is 11.0. The van der Waals surface area contributed by atoms with E-state index in [2.05, 4.69) is 23.8 Å². The monoisotopic (exact) mass is 233 g/mol. The van der Waals surface area contributed by atoms with E-state index in [1.807, 2.05) is 0 Å². The quantitative estimate of drug-likeness (QED) is 0.851. The molecule has 1 aromatic heterocycles. The minimum Gasteiger partial charge on any atom is -0.309 e. The molecule has 2 aliphatic rings. The van der Waals surface area contributed by atoms with E-state index in [9.17, 15) is 0 Å². The van der Waals surface area contributed by atoms with Gasteiger partial charge in [0.25, 0.3) is 0 Å². The molecule has 1 atom stereocenters. The number of aromatic nitrogens is 2. The number of nitrogens with one attached hydrogen (secondary N) is 1. The van der Waals surface area contributed by atoms with Crippen LogP contribution in [0.5, 0.6) is 0 Å². The van der Waals surface area contributed by atoms with E-state index in [0.29, 0.717) is 12.1 Å². The van der Waals surface area contributed by atoms with Crippen LogP contribution in [0.2, 0.25) is 0 Å². The maximum atomic E-state index is 4.91. The third-order valence-electron chi connectivity index (χ3n) is 4.12. The molecule has 0 radical (unpaired) electrons. The summed E-state index contributed by atoms with van der Waals surface area (Å²) in [4.78, 5) is 0. The molecule has 3 nitrogen and oxygen atoms in total. The zero-order chi connectivity index (χ0) is 11.8. The van der Waals surface area contributed by atoms with Crippen molar-refractivity contribution in [3.05, 3.63) is 17.0 Å². The van der Waals surface area contributed by atoms with E-state index < -0.39 is 0 Å². The van der Waals surface area contributed by atoms with Gasteiger partial charge in [-0.3, -0.25) is 4.68 Å². The highest BCUT2D eigenvalue weighted by atomic mass is 15.3. The van der Waals surface area contributed by atoms with E-state index in [0.717, 1.165) is 6.54 Å². The molecular weight excluding hydrogens is 210 g/mol. The lowest BCUT2D eigenvalue weighted by Gasteiger charge is -2.22. The predicted octanol–water partition coefficient (Wildman–Crippen LogP) is 2.77. The van der Waals surface area contributed by atoms with Crippen LogP contribution >= 0.6 is 0 Å². The van der Waals surface area contributed by atoms with Gasteiger partial charge in [0, 0.05) is 11.7 Å². The molecule has 1 saturated heterocycles. The van der Waals surface area contributed by atoms with Crippen molar-refractivity contribution in [2.24, 2.45) is 0 Å². The van der Waals surface area contributed by atoms with Gasteiger partial charge in [0.05, 0.1) is 11.7 Å². The summed E-state index contributed by atoms with van der Waals surface area (Å²) >= 11 is 0. The van der Waals surface area contributed by atoms with Gasteiger partial charge < -0.3 is 5.32 Å². The summed E-state index contributed by atoms with van der Waals surface area (Å²) in [6.45, 7) is 5.64. The van der Waals surface area contributed by atoms with E-state index >= 15 is 0 Å². The Kier molecular flexibility index (Phi) is 2.95. The van der Waals surface area contributed by atoms with Crippen LogP contribution in [0, 0.1) is 0 Å². The van der Waals surface area contributed by atoms with Gasteiger partial charge in [-0.2, -0.15) is 5.10 Å². The van der Waals surface area contributed by atoms with Gasteiger partial charge in [0.1, 0.15) is 0 Å². The molecule has 1 aliphatic heterocycles. The summed E-state index contributed by atoms with van der Waals surface area (Å²) in [6, 6.07) is 1.02. The molecule has 0 bridgehead atoms. The summed E-state index contributed by atoms with van der Waals surface area (Å²) in [7, 11) is 0. The van der Waals surface area contributed by atoms with Gasteiger partial charge in [0.2, 0.25) is 0 Å². The van der Waals surface area contributed by atoms with Crippen molar-refractivity contribution < 1.29 is 0 Å². The van der Waals surface area contributed by atoms with Crippen LogP contribution in [0.3, 0.4) is 0 Å². The Bertz CT molecular complexity index is 400. The van der Waals surface area contributed by atoms with Gasteiger partial charge in [0.15, 0.2) is 0 Å². The number of nitrogens with zero attached hydrogens (tertiary/aromatic N) is 2. The van der Waals surface area contributed by atoms with Crippen LogP contribution in [0.4, 0.5) is 0 Å². The minimum absolute atomic E-state index is 0.499. The minimum atomic E-state index is 0.499. The smallest absolute Gasteiger partial charge is 0.0828 e. The number of rotatable bonds is 2. The van der Waals surface area contributed by atoms with Gasteiger partial charge in [-0.05, 0) is 58.1 Å². The number of hydrogen-bond donors (Lipinski definition) is 1. The fraction of sp³-hybridized carbons (Fsp3) is 0.786. The number of fused-ring (bicyclic) bond motifs is 1.